The van der Waals surface area contributed by atoms with Gasteiger partial charge in [0.05, 0.1) is 33.8 Å². The maximum atomic E-state index is 12.8. The highest BCUT2D eigenvalue weighted by Crippen LogP contribution is 2.36. The molecule has 0 atom stereocenters. The van der Waals surface area contributed by atoms with Crippen molar-refractivity contribution in [1.82, 2.24) is 0 Å². The second-order valence-electron chi connectivity index (χ2n) is 5.23. The minimum Gasteiger partial charge on any atom is -0.497 e. The Hall–Kier alpha value is -3.15. The molecule has 2 aromatic carbocycles. The molecule has 0 fully saturated rings. The second kappa shape index (κ2) is 6.76. The van der Waals surface area contributed by atoms with Gasteiger partial charge >= 0.3 is 0 Å². The van der Waals surface area contributed by atoms with E-state index in [1.165, 1.54) is 21.3 Å². The Labute approximate surface area is 144 Å². The minimum atomic E-state index is -0.282. The number of hydrogen-bond donors (Lipinski definition) is 0. The number of methoxy groups -OCH3 is 4. The van der Waals surface area contributed by atoms with Crippen LogP contribution in [0.3, 0.4) is 0 Å². The van der Waals surface area contributed by atoms with Crippen LogP contribution in [0.1, 0.15) is 0 Å². The summed E-state index contributed by atoms with van der Waals surface area (Å²) in [5, 5.41) is 0.353. The summed E-state index contributed by atoms with van der Waals surface area (Å²) in [4.78, 5) is 12.8. The molecule has 0 N–H and O–H groups in total. The van der Waals surface area contributed by atoms with Crippen LogP contribution in [0.15, 0.2) is 45.6 Å². The maximum absolute atomic E-state index is 12.8. The number of hydrogen-bond acceptors (Lipinski definition) is 6. The molecule has 0 saturated carbocycles. The quantitative estimate of drug-likeness (QED) is 0.707. The van der Waals surface area contributed by atoms with Crippen LogP contribution < -0.4 is 24.4 Å². The van der Waals surface area contributed by atoms with Crippen LogP contribution in [-0.2, 0) is 0 Å². The minimum absolute atomic E-state index is 0.130. The molecule has 25 heavy (non-hydrogen) atoms. The van der Waals surface area contributed by atoms with Gasteiger partial charge in [-0.05, 0) is 30.3 Å². The second-order valence-corrected chi connectivity index (χ2v) is 5.23. The molecule has 1 aromatic heterocycles. The zero-order valence-electron chi connectivity index (χ0n) is 14.4. The van der Waals surface area contributed by atoms with Crippen LogP contribution in [-0.4, -0.2) is 28.4 Å². The zero-order valence-corrected chi connectivity index (χ0v) is 14.4. The van der Waals surface area contributed by atoms with Gasteiger partial charge in [-0.3, -0.25) is 4.79 Å². The molecular formula is C19H18O6. The summed E-state index contributed by atoms with van der Waals surface area (Å²) >= 11 is 0. The van der Waals surface area contributed by atoms with E-state index in [4.69, 9.17) is 23.4 Å². The summed E-state index contributed by atoms with van der Waals surface area (Å²) in [6.45, 7) is 0. The molecule has 0 bridgehead atoms. The van der Waals surface area contributed by atoms with E-state index in [-0.39, 0.29) is 11.2 Å². The first kappa shape index (κ1) is 16.7. The molecule has 0 amide bonds. The highest BCUT2D eigenvalue weighted by atomic mass is 16.5. The lowest BCUT2D eigenvalue weighted by atomic mass is 10.1. The predicted octanol–water partition coefficient (Wildman–Crippen LogP) is 3.49. The molecule has 0 unspecified atom stereocenters. The molecule has 1 heterocycles. The molecule has 0 spiro atoms. The van der Waals surface area contributed by atoms with Crippen molar-refractivity contribution < 1.29 is 23.4 Å². The van der Waals surface area contributed by atoms with Crippen molar-refractivity contribution in [2.24, 2.45) is 0 Å². The van der Waals surface area contributed by atoms with Gasteiger partial charge in [0.25, 0.3) is 0 Å². The summed E-state index contributed by atoms with van der Waals surface area (Å²) in [7, 11) is 6.06. The van der Waals surface area contributed by atoms with Crippen LogP contribution in [0, 0.1) is 0 Å². The van der Waals surface area contributed by atoms with Gasteiger partial charge in [-0.1, -0.05) is 0 Å². The number of ether oxygens (including phenoxy) is 4. The van der Waals surface area contributed by atoms with Crippen molar-refractivity contribution >= 4 is 11.0 Å². The van der Waals surface area contributed by atoms with Gasteiger partial charge in [0.2, 0.25) is 11.2 Å². The van der Waals surface area contributed by atoms with Crippen LogP contribution >= 0.6 is 0 Å². The summed E-state index contributed by atoms with van der Waals surface area (Å²) in [5.41, 5.74) is 0.802. The smallest absolute Gasteiger partial charge is 0.235 e. The van der Waals surface area contributed by atoms with Gasteiger partial charge in [0.15, 0.2) is 17.3 Å². The molecule has 130 valence electrons. The molecule has 0 aliphatic rings. The molecular weight excluding hydrogens is 324 g/mol. The monoisotopic (exact) mass is 342 g/mol. The normalized spacial score (nSPS) is 10.6. The van der Waals surface area contributed by atoms with Crippen molar-refractivity contribution in [3.05, 3.63) is 46.6 Å². The van der Waals surface area contributed by atoms with Crippen LogP contribution in [0.2, 0.25) is 0 Å². The number of fused-ring (bicyclic) bond motifs is 1. The Balaban J connectivity index is 2.29. The maximum Gasteiger partial charge on any atom is 0.235 e. The van der Waals surface area contributed by atoms with Crippen molar-refractivity contribution in [1.29, 1.82) is 0 Å². The molecule has 3 rings (SSSR count). The van der Waals surface area contributed by atoms with E-state index < -0.39 is 0 Å². The highest BCUT2D eigenvalue weighted by molar-refractivity contribution is 5.85. The Morgan fingerprint density at radius 1 is 0.800 bits per heavy atom. The summed E-state index contributed by atoms with van der Waals surface area (Å²) < 4.78 is 27.0. The fourth-order valence-corrected chi connectivity index (χ4v) is 2.62. The van der Waals surface area contributed by atoms with Crippen molar-refractivity contribution in [2.45, 2.75) is 0 Å². The lowest BCUT2D eigenvalue weighted by molar-refractivity contribution is 0.354. The predicted molar refractivity (Wildman–Crippen MR) is 94.1 cm³/mol. The first-order chi connectivity index (χ1) is 12.1. The average Bonchev–Trinajstić information content (AvgIpc) is 2.67. The summed E-state index contributed by atoms with van der Waals surface area (Å²) in [6, 6.07) is 10.4. The molecule has 0 aliphatic heterocycles. The number of benzene rings is 2. The molecule has 0 radical (unpaired) electrons. The molecule has 3 aromatic rings. The van der Waals surface area contributed by atoms with Gasteiger partial charge in [-0.25, -0.2) is 0 Å². The summed E-state index contributed by atoms with van der Waals surface area (Å²) in [6.07, 6.45) is 0. The zero-order chi connectivity index (χ0) is 18.0. The summed E-state index contributed by atoms with van der Waals surface area (Å²) in [5.74, 6) is 2.10. The first-order valence-electron chi connectivity index (χ1n) is 7.54. The van der Waals surface area contributed by atoms with E-state index in [0.29, 0.717) is 39.5 Å². The van der Waals surface area contributed by atoms with Crippen molar-refractivity contribution in [3.8, 4) is 34.3 Å². The standard InChI is InChI=1S/C19H18O6/c1-21-12-7-5-11(6-8-12)18-19(24-4)17(20)13-9-15(22-2)16(23-3)10-14(13)25-18/h5-10H,1-4H3. The van der Waals surface area contributed by atoms with Crippen LogP contribution in [0.4, 0.5) is 0 Å². The van der Waals surface area contributed by atoms with E-state index >= 15 is 0 Å². The van der Waals surface area contributed by atoms with E-state index in [1.54, 1.807) is 43.5 Å². The van der Waals surface area contributed by atoms with Gasteiger partial charge in [0.1, 0.15) is 11.3 Å². The van der Waals surface area contributed by atoms with Gasteiger partial charge in [0, 0.05) is 11.6 Å². The lowest BCUT2D eigenvalue weighted by Crippen LogP contribution is -2.08. The van der Waals surface area contributed by atoms with E-state index in [2.05, 4.69) is 0 Å². The van der Waals surface area contributed by atoms with E-state index in [9.17, 15) is 4.79 Å². The third-order valence-corrected chi connectivity index (χ3v) is 3.91. The molecule has 0 saturated heterocycles. The molecule has 0 aliphatic carbocycles. The third-order valence-electron chi connectivity index (χ3n) is 3.91. The number of rotatable bonds is 5. The van der Waals surface area contributed by atoms with Gasteiger partial charge in [-0.15, -0.1) is 0 Å². The van der Waals surface area contributed by atoms with Crippen molar-refractivity contribution in [3.63, 3.8) is 0 Å². The fraction of sp³-hybridized carbons (Fsp3) is 0.211. The van der Waals surface area contributed by atoms with Gasteiger partial charge < -0.3 is 23.4 Å². The van der Waals surface area contributed by atoms with Crippen LogP contribution in [0.5, 0.6) is 23.0 Å². The largest absolute Gasteiger partial charge is 0.497 e. The molecule has 6 nitrogen and oxygen atoms in total. The fourth-order valence-electron chi connectivity index (χ4n) is 2.62. The first-order valence-corrected chi connectivity index (χ1v) is 7.54. The lowest BCUT2D eigenvalue weighted by Gasteiger charge is -2.12. The Morgan fingerprint density at radius 3 is 2.00 bits per heavy atom. The Morgan fingerprint density at radius 2 is 1.44 bits per heavy atom. The topological polar surface area (TPSA) is 67.1 Å². The van der Waals surface area contributed by atoms with Crippen LogP contribution in [0.25, 0.3) is 22.3 Å². The van der Waals surface area contributed by atoms with Gasteiger partial charge in [-0.2, -0.15) is 0 Å². The SMILES string of the molecule is COc1ccc(-c2oc3cc(OC)c(OC)cc3c(=O)c2OC)cc1. The Kier molecular flexibility index (Phi) is 4.52. The molecule has 6 heteroatoms. The third kappa shape index (κ3) is 2.87. The highest BCUT2D eigenvalue weighted by Gasteiger charge is 2.19. The van der Waals surface area contributed by atoms with E-state index in [0.717, 1.165) is 0 Å². The Bertz CT molecular complexity index is 956. The van der Waals surface area contributed by atoms with E-state index in [1.807, 2.05) is 0 Å². The average molecular weight is 342 g/mol. The van der Waals surface area contributed by atoms with Crippen molar-refractivity contribution in [2.75, 3.05) is 28.4 Å².